The first-order valence-electron chi connectivity index (χ1n) is 14.9. The lowest BCUT2D eigenvalue weighted by atomic mass is 9.87. The number of benzene rings is 2. The van der Waals surface area contributed by atoms with Gasteiger partial charge in [-0.3, -0.25) is 9.59 Å². The molecule has 0 unspecified atom stereocenters. The minimum absolute atomic E-state index is 0.0242. The van der Waals surface area contributed by atoms with Gasteiger partial charge >= 0.3 is 0 Å². The summed E-state index contributed by atoms with van der Waals surface area (Å²) in [5.74, 6) is 3.19. The van der Waals surface area contributed by atoms with Crippen LogP contribution in [0.15, 0.2) is 36.4 Å². The number of rotatable bonds is 17. The van der Waals surface area contributed by atoms with Gasteiger partial charge in [0.25, 0.3) is 0 Å². The highest BCUT2D eigenvalue weighted by Gasteiger charge is 2.16. The molecule has 1 fully saturated rings. The number of methoxy groups -OCH3 is 3. The zero-order valence-electron chi connectivity index (χ0n) is 24.7. The molecule has 0 radical (unpaired) electrons. The van der Waals surface area contributed by atoms with Gasteiger partial charge in [-0.15, -0.1) is 0 Å². The molecule has 2 N–H and O–H groups in total. The second-order valence-electron chi connectivity index (χ2n) is 10.7. The highest BCUT2D eigenvalue weighted by atomic mass is 16.5. The third-order valence-corrected chi connectivity index (χ3v) is 7.92. The maximum Gasteiger partial charge on any atom is 0.220 e. The number of carbonyl (C=O) groups excluding carboxylic acids is 2. The van der Waals surface area contributed by atoms with Gasteiger partial charge in [0.2, 0.25) is 11.8 Å². The normalized spacial score (nSPS) is 13.5. The summed E-state index contributed by atoms with van der Waals surface area (Å²) >= 11 is 0. The van der Waals surface area contributed by atoms with E-state index in [2.05, 4.69) is 22.8 Å². The number of amides is 2. The number of ether oxygens (including phenoxy) is 3. The summed E-state index contributed by atoms with van der Waals surface area (Å²) in [4.78, 5) is 24.6. The van der Waals surface area contributed by atoms with Crippen molar-refractivity contribution in [2.24, 2.45) is 5.92 Å². The fourth-order valence-corrected chi connectivity index (χ4v) is 5.61. The molecule has 1 aliphatic carbocycles. The molecule has 220 valence electrons. The van der Waals surface area contributed by atoms with Gasteiger partial charge in [0.15, 0.2) is 11.5 Å². The quantitative estimate of drug-likeness (QED) is 0.242. The van der Waals surface area contributed by atoms with Gasteiger partial charge in [-0.1, -0.05) is 50.3 Å². The molecule has 2 aromatic rings. The van der Waals surface area contributed by atoms with E-state index in [1.165, 1.54) is 37.7 Å². The number of carbonyl (C=O) groups is 2. The predicted molar refractivity (Wildman–Crippen MR) is 159 cm³/mol. The molecule has 0 atom stereocenters. The van der Waals surface area contributed by atoms with Gasteiger partial charge in [-0.25, -0.2) is 0 Å². The molecule has 2 aromatic carbocycles. The van der Waals surface area contributed by atoms with E-state index < -0.39 is 0 Å². The first-order chi connectivity index (χ1) is 19.5. The summed E-state index contributed by atoms with van der Waals surface area (Å²) in [7, 11) is 4.98. The molecule has 1 aliphatic rings. The maximum absolute atomic E-state index is 12.4. The van der Waals surface area contributed by atoms with E-state index in [1.54, 1.807) is 21.3 Å². The smallest absolute Gasteiger partial charge is 0.220 e. The van der Waals surface area contributed by atoms with Crippen LogP contribution in [0.5, 0.6) is 17.2 Å². The van der Waals surface area contributed by atoms with Crippen LogP contribution in [0.4, 0.5) is 0 Å². The first kappa shape index (κ1) is 31.3. The van der Waals surface area contributed by atoms with Gasteiger partial charge in [0.05, 0.1) is 21.3 Å². The topological polar surface area (TPSA) is 85.9 Å². The van der Waals surface area contributed by atoms with E-state index in [-0.39, 0.29) is 11.8 Å². The zero-order valence-corrected chi connectivity index (χ0v) is 24.7. The molecule has 0 saturated heterocycles. The van der Waals surface area contributed by atoms with E-state index >= 15 is 0 Å². The van der Waals surface area contributed by atoms with E-state index in [9.17, 15) is 9.59 Å². The highest BCUT2D eigenvalue weighted by molar-refractivity contribution is 5.77. The Morgan fingerprint density at radius 2 is 1.52 bits per heavy atom. The molecule has 0 aliphatic heterocycles. The molecule has 7 heteroatoms. The Morgan fingerprint density at radius 1 is 0.800 bits per heavy atom. The number of nitrogens with one attached hydrogen (secondary N) is 2. The third-order valence-electron chi connectivity index (χ3n) is 7.92. The summed E-state index contributed by atoms with van der Waals surface area (Å²) in [6.07, 6.45) is 12.4. The zero-order chi connectivity index (χ0) is 28.6. The standard InChI is InChI=1S/C33H48N2O5/c1-38-28-13-9-12-26(24-28)16-18-29-27(17-19-30(39-2)33(29)40-3)21-23-35-32(37)15-8-7-14-31(36)34-22-20-25-10-5-4-6-11-25/h9,12-13,17,19,24-25H,4-8,10-11,14-16,18,20-23H2,1-3H3,(H,34,36)(H,35,37). The first-order valence-corrected chi connectivity index (χ1v) is 14.9. The van der Waals surface area contributed by atoms with Crippen molar-refractivity contribution < 1.29 is 23.8 Å². The van der Waals surface area contributed by atoms with Crippen LogP contribution in [-0.2, 0) is 28.9 Å². The van der Waals surface area contributed by atoms with Crippen molar-refractivity contribution in [3.05, 3.63) is 53.1 Å². The summed E-state index contributed by atoms with van der Waals surface area (Å²) in [5.41, 5.74) is 3.40. The van der Waals surface area contributed by atoms with Crippen LogP contribution in [0.1, 0.15) is 80.9 Å². The molecule has 0 bridgehead atoms. The summed E-state index contributed by atoms with van der Waals surface area (Å²) in [6, 6.07) is 12.1. The molecule has 0 spiro atoms. The van der Waals surface area contributed by atoms with Crippen LogP contribution in [0.2, 0.25) is 0 Å². The molecule has 0 aromatic heterocycles. The largest absolute Gasteiger partial charge is 0.497 e. The molecular weight excluding hydrogens is 504 g/mol. The van der Waals surface area contributed by atoms with Crippen LogP contribution >= 0.6 is 0 Å². The number of aryl methyl sites for hydroxylation is 1. The molecule has 1 saturated carbocycles. The Hall–Kier alpha value is -3.22. The van der Waals surface area contributed by atoms with E-state index in [0.717, 1.165) is 60.8 Å². The number of unbranched alkanes of at least 4 members (excludes halogenated alkanes) is 1. The van der Waals surface area contributed by atoms with Crippen molar-refractivity contribution >= 4 is 11.8 Å². The van der Waals surface area contributed by atoms with Gasteiger partial charge in [0.1, 0.15) is 5.75 Å². The molecule has 0 heterocycles. The Kier molecular flexibility index (Phi) is 13.7. The van der Waals surface area contributed by atoms with Crippen LogP contribution < -0.4 is 24.8 Å². The Labute approximate surface area is 240 Å². The van der Waals surface area contributed by atoms with Crippen molar-refractivity contribution in [1.82, 2.24) is 10.6 Å². The Morgan fingerprint density at radius 3 is 2.20 bits per heavy atom. The molecule has 2 amide bonds. The van der Waals surface area contributed by atoms with Crippen molar-refractivity contribution in [1.29, 1.82) is 0 Å². The third kappa shape index (κ3) is 10.4. The lowest BCUT2D eigenvalue weighted by Crippen LogP contribution is -2.27. The molecule has 3 rings (SSSR count). The lowest BCUT2D eigenvalue weighted by molar-refractivity contribution is -0.123. The van der Waals surface area contributed by atoms with Crippen molar-refractivity contribution in [2.45, 2.75) is 83.5 Å². The second kappa shape index (κ2) is 17.5. The Balaban J connectivity index is 1.40. The Bertz CT molecular complexity index is 1060. The number of hydrogen-bond donors (Lipinski definition) is 2. The molecule has 7 nitrogen and oxygen atoms in total. The van der Waals surface area contributed by atoms with Gasteiger partial charge in [-0.05, 0) is 73.8 Å². The minimum Gasteiger partial charge on any atom is -0.497 e. The van der Waals surface area contributed by atoms with Crippen LogP contribution in [0.25, 0.3) is 0 Å². The van der Waals surface area contributed by atoms with E-state index in [1.807, 2.05) is 24.3 Å². The molecular formula is C33H48N2O5. The van der Waals surface area contributed by atoms with Crippen LogP contribution in [0, 0.1) is 5.92 Å². The lowest BCUT2D eigenvalue weighted by Gasteiger charge is -2.21. The predicted octanol–water partition coefficient (Wildman–Crippen LogP) is 5.80. The summed E-state index contributed by atoms with van der Waals surface area (Å²) in [5, 5.41) is 6.10. The van der Waals surface area contributed by atoms with Crippen LogP contribution in [-0.4, -0.2) is 46.2 Å². The fourth-order valence-electron chi connectivity index (χ4n) is 5.61. The average Bonchev–Trinajstić information content (AvgIpc) is 2.98. The minimum atomic E-state index is 0.0242. The maximum atomic E-state index is 12.4. The summed E-state index contributed by atoms with van der Waals surface area (Å²) in [6.45, 7) is 1.32. The van der Waals surface area contributed by atoms with Gasteiger partial charge < -0.3 is 24.8 Å². The highest BCUT2D eigenvalue weighted by Crippen LogP contribution is 2.35. The fraction of sp³-hybridized carbons (Fsp3) is 0.576. The second-order valence-corrected chi connectivity index (χ2v) is 10.7. The summed E-state index contributed by atoms with van der Waals surface area (Å²) < 4.78 is 16.6. The van der Waals surface area contributed by atoms with Crippen molar-refractivity contribution in [2.75, 3.05) is 34.4 Å². The van der Waals surface area contributed by atoms with Gasteiger partial charge in [-0.2, -0.15) is 0 Å². The van der Waals surface area contributed by atoms with Crippen LogP contribution in [0.3, 0.4) is 0 Å². The van der Waals surface area contributed by atoms with Gasteiger partial charge in [0, 0.05) is 31.5 Å². The average molecular weight is 553 g/mol. The monoisotopic (exact) mass is 552 g/mol. The van der Waals surface area contributed by atoms with Crippen molar-refractivity contribution in [3.63, 3.8) is 0 Å². The van der Waals surface area contributed by atoms with E-state index in [4.69, 9.17) is 14.2 Å². The number of hydrogen-bond acceptors (Lipinski definition) is 5. The van der Waals surface area contributed by atoms with E-state index in [0.29, 0.717) is 38.0 Å². The SMILES string of the molecule is COc1cccc(CCc2c(CCNC(=O)CCCCC(=O)NCCC3CCCCC3)ccc(OC)c2OC)c1. The van der Waals surface area contributed by atoms with Crippen molar-refractivity contribution in [3.8, 4) is 17.2 Å². The molecule has 40 heavy (non-hydrogen) atoms.